The number of carbonyl (C=O) groups excluding carboxylic acids is 1. The van der Waals surface area contributed by atoms with Crippen LogP contribution in [0.3, 0.4) is 0 Å². The number of imidazole rings is 1. The van der Waals surface area contributed by atoms with Crippen LogP contribution in [-0.2, 0) is 18.8 Å². The Morgan fingerprint density at radius 3 is 2.35 bits per heavy atom. The Hall–Kier alpha value is -2.44. The van der Waals surface area contributed by atoms with E-state index in [2.05, 4.69) is 0 Å². The number of rotatable bonds is 1. The van der Waals surface area contributed by atoms with Gasteiger partial charge in [0.2, 0.25) is 0 Å². The maximum Gasteiger partial charge on any atom is 0.410 e. The lowest BCUT2D eigenvalue weighted by Crippen LogP contribution is -2.41. The molecule has 0 saturated carbocycles. The lowest BCUT2D eigenvalue weighted by atomic mass is 9.88. The zero-order valence-corrected chi connectivity index (χ0v) is 16.1. The molecule has 0 spiro atoms. The highest BCUT2D eigenvalue weighted by Crippen LogP contribution is 2.35. The Morgan fingerprint density at radius 1 is 1.15 bits per heavy atom. The van der Waals surface area contributed by atoms with Crippen LogP contribution in [0.25, 0.3) is 11.0 Å². The van der Waals surface area contributed by atoms with Gasteiger partial charge in [0, 0.05) is 33.3 Å². The van der Waals surface area contributed by atoms with Crippen molar-refractivity contribution in [2.75, 3.05) is 13.1 Å². The highest BCUT2D eigenvalue weighted by Gasteiger charge is 2.29. The highest BCUT2D eigenvalue weighted by atomic mass is 16.6. The van der Waals surface area contributed by atoms with E-state index in [1.54, 1.807) is 40.3 Å². The molecule has 1 fully saturated rings. The molecular weight excluding hydrogens is 334 g/mol. The van der Waals surface area contributed by atoms with Crippen LogP contribution in [0.2, 0.25) is 0 Å². The van der Waals surface area contributed by atoms with Gasteiger partial charge in [-0.25, -0.2) is 9.59 Å². The third-order valence-corrected chi connectivity index (χ3v) is 4.96. The van der Waals surface area contributed by atoms with Gasteiger partial charge in [-0.3, -0.25) is 9.13 Å². The molecule has 1 N–H and O–H groups in total. The molecule has 0 aliphatic carbocycles. The van der Waals surface area contributed by atoms with E-state index in [4.69, 9.17) is 4.74 Å². The minimum absolute atomic E-state index is 0.113. The van der Waals surface area contributed by atoms with Crippen molar-refractivity contribution in [2.45, 2.75) is 45.1 Å². The third-order valence-electron chi connectivity index (χ3n) is 4.96. The van der Waals surface area contributed by atoms with Crippen molar-refractivity contribution in [2.24, 2.45) is 14.1 Å². The molecule has 1 aromatic heterocycles. The zero-order valence-electron chi connectivity index (χ0n) is 16.1. The summed E-state index contributed by atoms with van der Waals surface area (Å²) in [4.78, 5) is 26.3. The van der Waals surface area contributed by atoms with Gasteiger partial charge in [0.1, 0.15) is 11.4 Å². The Morgan fingerprint density at radius 2 is 1.77 bits per heavy atom. The number of likely N-dealkylation sites (tertiary alicyclic amines) is 1. The molecule has 2 heterocycles. The minimum atomic E-state index is -0.506. The number of nitrogens with zero attached hydrogens (tertiary/aromatic N) is 3. The summed E-state index contributed by atoms with van der Waals surface area (Å²) in [7, 11) is 3.46. The molecule has 2 aromatic rings. The van der Waals surface area contributed by atoms with Crippen LogP contribution >= 0.6 is 0 Å². The quantitative estimate of drug-likeness (QED) is 0.847. The molecule has 1 aliphatic rings. The molecule has 0 atom stereocenters. The molecule has 3 rings (SSSR count). The second kappa shape index (κ2) is 6.37. The lowest BCUT2D eigenvalue weighted by Gasteiger charge is -2.33. The van der Waals surface area contributed by atoms with E-state index >= 15 is 0 Å². The molecule has 7 heteroatoms. The van der Waals surface area contributed by atoms with E-state index in [0.29, 0.717) is 13.1 Å². The number of benzene rings is 1. The number of ether oxygens (including phenoxy) is 1. The average molecular weight is 361 g/mol. The first-order valence-electron chi connectivity index (χ1n) is 8.94. The van der Waals surface area contributed by atoms with E-state index < -0.39 is 5.60 Å². The number of phenols is 1. The zero-order chi connectivity index (χ0) is 19.2. The van der Waals surface area contributed by atoms with Gasteiger partial charge in [0.05, 0.1) is 11.0 Å². The largest absolute Gasteiger partial charge is 0.508 e. The Balaban J connectivity index is 1.85. The lowest BCUT2D eigenvalue weighted by molar-refractivity contribution is 0.0205. The van der Waals surface area contributed by atoms with Gasteiger partial charge < -0.3 is 14.7 Å². The number of hydrogen-bond acceptors (Lipinski definition) is 4. The van der Waals surface area contributed by atoms with Gasteiger partial charge in [0.15, 0.2) is 0 Å². The first-order valence-corrected chi connectivity index (χ1v) is 8.94. The number of carbonyl (C=O) groups is 1. The van der Waals surface area contributed by atoms with E-state index in [1.165, 1.54) is 0 Å². The molecule has 1 saturated heterocycles. The SMILES string of the molecule is Cn1c(=O)n(C)c2c(C3CCN(C(=O)OC(C)(C)C)CC3)cc(O)cc21. The monoisotopic (exact) mass is 361 g/mol. The smallest absolute Gasteiger partial charge is 0.410 e. The second-order valence-corrected chi connectivity index (χ2v) is 8.05. The van der Waals surface area contributed by atoms with Crippen molar-refractivity contribution >= 4 is 17.1 Å². The summed E-state index contributed by atoms with van der Waals surface area (Å²) in [5, 5.41) is 10.1. The Labute approximate surface area is 152 Å². The fourth-order valence-corrected chi connectivity index (χ4v) is 3.68. The van der Waals surface area contributed by atoms with Crippen molar-refractivity contribution in [1.29, 1.82) is 0 Å². The fourth-order valence-electron chi connectivity index (χ4n) is 3.68. The predicted octanol–water partition coefficient (Wildman–Crippen LogP) is 2.70. The highest BCUT2D eigenvalue weighted by molar-refractivity contribution is 5.82. The Kier molecular flexibility index (Phi) is 4.50. The number of hydrogen-bond donors (Lipinski definition) is 1. The number of aromatic nitrogens is 2. The number of phenolic OH excluding ortho intramolecular Hbond substituents is 1. The normalized spacial score (nSPS) is 16.3. The molecule has 0 radical (unpaired) electrons. The maximum absolute atomic E-state index is 12.3. The van der Waals surface area contributed by atoms with Crippen LogP contribution in [-0.4, -0.2) is 43.9 Å². The van der Waals surface area contributed by atoms with Gasteiger partial charge in [-0.2, -0.15) is 0 Å². The number of fused-ring (bicyclic) bond motifs is 1. The average Bonchev–Trinajstić information content (AvgIpc) is 2.77. The molecule has 0 bridgehead atoms. The summed E-state index contributed by atoms with van der Waals surface area (Å²) in [6, 6.07) is 3.37. The standard InChI is InChI=1S/C19H27N3O4/c1-19(2,3)26-18(25)22-8-6-12(7-9-22)14-10-13(23)11-15-16(14)21(5)17(24)20(15)4/h10-12,23H,6-9H2,1-5H3. The van der Waals surface area contributed by atoms with Gasteiger partial charge >= 0.3 is 11.8 Å². The molecular formula is C19H27N3O4. The van der Waals surface area contributed by atoms with Gasteiger partial charge in [-0.15, -0.1) is 0 Å². The molecule has 1 amide bonds. The van der Waals surface area contributed by atoms with E-state index in [-0.39, 0.29) is 23.5 Å². The molecule has 1 aromatic carbocycles. The summed E-state index contributed by atoms with van der Waals surface area (Å²) < 4.78 is 8.62. The Bertz CT molecular complexity index is 896. The third kappa shape index (κ3) is 3.30. The number of amides is 1. The van der Waals surface area contributed by atoms with Crippen molar-refractivity contribution in [3.8, 4) is 5.75 Å². The van der Waals surface area contributed by atoms with Crippen LogP contribution in [0, 0.1) is 0 Å². The molecule has 0 unspecified atom stereocenters. The van der Waals surface area contributed by atoms with Crippen LogP contribution in [0.15, 0.2) is 16.9 Å². The van der Waals surface area contributed by atoms with Crippen LogP contribution in [0.4, 0.5) is 4.79 Å². The summed E-state index contributed by atoms with van der Waals surface area (Å²) in [6.45, 7) is 6.76. The first kappa shape index (κ1) is 18.4. The van der Waals surface area contributed by atoms with Gasteiger partial charge in [-0.05, 0) is 51.2 Å². The summed E-state index contributed by atoms with van der Waals surface area (Å²) in [6.07, 6.45) is 1.24. The van der Waals surface area contributed by atoms with Gasteiger partial charge in [-0.1, -0.05) is 0 Å². The van der Waals surface area contributed by atoms with E-state index in [1.807, 2.05) is 20.8 Å². The van der Waals surface area contributed by atoms with Crippen molar-refractivity contribution in [3.05, 3.63) is 28.2 Å². The second-order valence-electron chi connectivity index (χ2n) is 8.05. The summed E-state index contributed by atoms with van der Waals surface area (Å²) >= 11 is 0. The summed E-state index contributed by atoms with van der Waals surface area (Å²) in [5.41, 5.74) is 1.92. The molecule has 142 valence electrons. The summed E-state index contributed by atoms with van der Waals surface area (Å²) in [5.74, 6) is 0.333. The number of piperidine rings is 1. The molecule has 1 aliphatic heterocycles. The maximum atomic E-state index is 12.3. The van der Waals surface area contributed by atoms with Crippen LogP contribution in [0.1, 0.15) is 45.1 Å². The van der Waals surface area contributed by atoms with Crippen LogP contribution in [0.5, 0.6) is 5.75 Å². The van der Waals surface area contributed by atoms with Gasteiger partial charge in [0.25, 0.3) is 0 Å². The van der Waals surface area contributed by atoms with Crippen molar-refractivity contribution < 1.29 is 14.6 Å². The number of aromatic hydroxyl groups is 1. The fraction of sp³-hybridized carbons (Fsp3) is 0.579. The van der Waals surface area contributed by atoms with Crippen molar-refractivity contribution in [3.63, 3.8) is 0 Å². The molecule has 26 heavy (non-hydrogen) atoms. The van der Waals surface area contributed by atoms with E-state index in [0.717, 1.165) is 29.4 Å². The topological polar surface area (TPSA) is 76.7 Å². The first-order chi connectivity index (χ1) is 12.1. The number of aryl methyl sites for hydroxylation is 2. The van der Waals surface area contributed by atoms with Crippen molar-refractivity contribution in [1.82, 2.24) is 14.0 Å². The predicted molar refractivity (Wildman–Crippen MR) is 99.6 cm³/mol. The van der Waals surface area contributed by atoms with Crippen LogP contribution < -0.4 is 5.69 Å². The van der Waals surface area contributed by atoms with E-state index in [9.17, 15) is 14.7 Å². The minimum Gasteiger partial charge on any atom is -0.508 e. The molecule has 7 nitrogen and oxygen atoms in total.